The Hall–Kier alpha value is 0.0649. The lowest BCUT2D eigenvalue weighted by atomic mass is 9.85. The van der Waals surface area contributed by atoms with E-state index in [4.69, 9.17) is 0 Å². The first-order valence-electron chi connectivity index (χ1n) is 5.77. The average molecular weight is 168 g/mol. The van der Waals surface area contributed by atoms with Gasteiger partial charge in [-0.3, -0.25) is 0 Å². The minimum atomic E-state index is 0.903. The zero-order valence-corrected chi connectivity index (χ0v) is 9.23. The van der Waals surface area contributed by atoms with Gasteiger partial charge >= 0.3 is 0 Å². The summed E-state index contributed by atoms with van der Waals surface area (Å²) in [6.45, 7) is 4.59. The van der Waals surface area contributed by atoms with Crippen molar-refractivity contribution in [1.29, 1.82) is 0 Å². The Labute approximate surface area is 79.5 Å². The van der Waals surface area contributed by atoms with E-state index in [2.05, 4.69) is 21.7 Å². The molecule has 0 amide bonds. The van der Waals surface area contributed by atoms with Crippen molar-refractivity contribution in [1.82, 2.24) is 0 Å². The fourth-order valence-electron chi connectivity index (χ4n) is 1.51. The summed E-state index contributed by atoms with van der Waals surface area (Å²) < 4.78 is 0. The third-order valence-corrected chi connectivity index (χ3v) is 2.39. The Morgan fingerprint density at radius 2 is 1.42 bits per heavy atom. The third kappa shape index (κ3) is 10.1. The van der Waals surface area contributed by atoms with Crippen LogP contribution in [0.2, 0.25) is 5.82 Å². The molecule has 0 fully saturated rings. The predicted molar refractivity (Wildman–Crippen MR) is 60.6 cm³/mol. The van der Waals surface area contributed by atoms with Crippen LogP contribution in [0, 0.1) is 0 Å². The molecule has 0 aliphatic rings. The van der Waals surface area contributed by atoms with E-state index >= 15 is 0 Å². The van der Waals surface area contributed by atoms with Crippen LogP contribution in [0.5, 0.6) is 0 Å². The third-order valence-electron chi connectivity index (χ3n) is 2.39. The van der Waals surface area contributed by atoms with Crippen LogP contribution in [-0.2, 0) is 0 Å². The summed E-state index contributed by atoms with van der Waals surface area (Å²) in [5, 5.41) is 0. The van der Waals surface area contributed by atoms with Gasteiger partial charge in [-0.1, -0.05) is 71.0 Å². The molecule has 0 aromatic rings. The molecule has 0 aromatic carbocycles. The molecule has 0 aromatic heterocycles. The smallest absolute Gasteiger partial charge is 0.0725 e. The topological polar surface area (TPSA) is 0 Å². The van der Waals surface area contributed by atoms with Crippen molar-refractivity contribution in [3.63, 3.8) is 0 Å². The molecule has 0 saturated heterocycles. The van der Waals surface area contributed by atoms with Crippen molar-refractivity contribution in [2.24, 2.45) is 0 Å². The van der Waals surface area contributed by atoms with E-state index < -0.39 is 0 Å². The standard InChI is InChI=1S/C11H25B/c1-3-4-5-6-7-8-9-10-11(2)12/h11H,3-10,12H2,1-2H3/t11-/m0/s1. The van der Waals surface area contributed by atoms with Gasteiger partial charge < -0.3 is 0 Å². The molecule has 1 heteroatoms. The lowest BCUT2D eigenvalue weighted by Crippen LogP contribution is -1.86. The lowest BCUT2D eigenvalue weighted by Gasteiger charge is -2.03. The summed E-state index contributed by atoms with van der Waals surface area (Å²) in [4.78, 5) is 0. The van der Waals surface area contributed by atoms with Gasteiger partial charge in [-0.25, -0.2) is 0 Å². The maximum Gasteiger partial charge on any atom is 0.105 e. The molecule has 0 radical (unpaired) electrons. The van der Waals surface area contributed by atoms with Crippen LogP contribution in [-0.4, -0.2) is 7.85 Å². The highest BCUT2D eigenvalue weighted by Crippen LogP contribution is 2.12. The summed E-state index contributed by atoms with van der Waals surface area (Å²) in [6, 6.07) is 0. The van der Waals surface area contributed by atoms with Gasteiger partial charge in [-0.05, 0) is 0 Å². The first-order valence-corrected chi connectivity index (χ1v) is 5.77. The summed E-state index contributed by atoms with van der Waals surface area (Å²) >= 11 is 0. The Kier molecular flexibility index (Phi) is 9.20. The Morgan fingerprint density at radius 1 is 0.917 bits per heavy atom. The summed E-state index contributed by atoms with van der Waals surface area (Å²) in [7, 11) is 2.32. The van der Waals surface area contributed by atoms with Crippen LogP contribution in [0.25, 0.3) is 0 Å². The van der Waals surface area contributed by atoms with E-state index in [-0.39, 0.29) is 0 Å². The maximum absolute atomic E-state index is 2.32. The van der Waals surface area contributed by atoms with Gasteiger partial charge in [0.15, 0.2) is 0 Å². The summed E-state index contributed by atoms with van der Waals surface area (Å²) in [5.41, 5.74) is 0. The van der Waals surface area contributed by atoms with E-state index in [9.17, 15) is 0 Å². The molecule has 12 heavy (non-hydrogen) atoms. The van der Waals surface area contributed by atoms with Crippen molar-refractivity contribution in [3.8, 4) is 0 Å². The van der Waals surface area contributed by atoms with Crippen LogP contribution in [0.1, 0.15) is 65.2 Å². The second kappa shape index (κ2) is 9.16. The minimum absolute atomic E-state index is 0.903. The Morgan fingerprint density at radius 3 is 1.92 bits per heavy atom. The van der Waals surface area contributed by atoms with Crippen LogP contribution in [0.4, 0.5) is 0 Å². The molecule has 0 heterocycles. The molecule has 1 atom stereocenters. The summed E-state index contributed by atoms with van der Waals surface area (Å²) in [6.07, 6.45) is 11.5. The zero-order valence-electron chi connectivity index (χ0n) is 9.23. The first-order chi connectivity index (χ1) is 5.77. The number of hydrogen-bond acceptors (Lipinski definition) is 0. The quantitative estimate of drug-likeness (QED) is 0.384. The second-order valence-corrected chi connectivity index (χ2v) is 4.30. The average Bonchev–Trinajstić information content (AvgIpc) is 2.02. The van der Waals surface area contributed by atoms with Gasteiger partial charge in [0.1, 0.15) is 7.85 Å². The normalized spacial score (nSPS) is 13.2. The van der Waals surface area contributed by atoms with E-state index in [0.717, 1.165) is 5.82 Å². The van der Waals surface area contributed by atoms with Gasteiger partial charge in [-0.15, -0.1) is 0 Å². The van der Waals surface area contributed by atoms with E-state index in [1.807, 2.05) is 0 Å². The van der Waals surface area contributed by atoms with Crippen molar-refractivity contribution >= 4 is 7.85 Å². The van der Waals surface area contributed by atoms with Gasteiger partial charge in [-0.2, -0.15) is 0 Å². The molecule has 0 aliphatic carbocycles. The van der Waals surface area contributed by atoms with Crippen molar-refractivity contribution in [2.75, 3.05) is 0 Å². The Bertz CT molecular complexity index is 79.1. The van der Waals surface area contributed by atoms with Crippen LogP contribution in [0.15, 0.2) is 0 Å². The van der Waals surface area contributed by atoms with Gasteiger partial charge in [0.05, 0.1) is 0 Å². The van der Waals surface area contributed by atoms with Gasteiger partial charge in [0.2, 0.25) is 0 Å². The largest absolute Gasteiger partial charge is 0.105 e. The van der Waals surface area contributed by atoms with Crippen molar-refractivity contribution < 1.29 is 0 Å². The molecule has 0 bridgehead atoms. The minimum Gasteiger partial charge on any atom is -0.0725 e. The van der Waals surface area contributed by atoms with Crippen LogP contribution in [0.3, 0.4) is 0 Å². The highest BCUT2D eigenvalue weighted by atomic mass is 14.0. The predicted octanol–water partition coefficient (Wildman–Crippen LogP) is 3.57. The maximum atomic E-state index is 2.32. The molecular formula is C11H25B. The Balaban J connectivity index is 2.82. The van der Waals surface area contributed by atoms with Crippen LogP contribution < -0.4 is 0 Å². The number of hydrogen-bond donors (Lipinski definition) is 0. The monoisotopic (exact) mass is 168 g/mol. The molecule has 0 saturated carbocycles. The van der Waals surface area contributed by atoms with E-state index in [1.54, 1.807) is 0 Å². The zero-order chi connectivity index (χ0) is 9.23. The van der Waals surface area contributed by atoms with Crippen molar-refractivity contribution in [2.45, 2.75) is 71.0 Å². The molecule has 0 spiro atoms. The van der Waals surface area contributed by atoms with Crippen LogP contribution >= 0.6 is 0 Å². The highest BCUT2D eigenvalue weighted by molar-refractivity contribution is 6.11. The fourth-order valence-corrected chi connectivity index (χ4v) is 1.51. The number of unbranched alkanes of at least 4 members (excludes halogenated alkanes) is 6. The second-order valence-electron chi connectivity index (χ2n) is 4.30. The molecule has 0 nitrogen and oxygen atoms in total. The first kappa shape index (κ1) is 12.1. The van der Waals surface area contributed by atoms with Crippen molar-refractivity contribution in [3.05, 3.63) is 0 Å². The molecule has 0 rings (SSSR count). The highest BCUT2D eigenvalue weighted by Gasteiger charge is 1.94. The molecule has 72 valence electrons. The fraction of sp³-hybridized carbons (Fsp3) is 1.00. The number of rotatable bonds is 8. The lowest BCUT2D eigenvalue weighted by molar-refractivity contribution is 0.572. The molecule has 0 unspecified atom stereocenters. The summed E-state index contributed by atoms with van der Waals surface area (Å²) in [5.74, 6) is 0.903. The van der Waals surface area contributed by atoms with Gasteiger partial charge in [0.25, 0.3) is 0 Å². The molecule has 0 N–H and O–H groups in total. The molecular weight excluding hydrogens is 143 g/mol. The van der Waals surface area contributed by atoms with E-state index in [1.165, 1.54) is 51.4 Å². The SMILES string of the molecule is B[C@@H](C)CCCCCCCCC. The van der Waals surface area contributed by atoms with E-state index in [0.29, 0.717) is 0 Å². The molecule has 0 aliphatic heterocycles. The van der Waals surface area contributed by atoms with Gasteiger partial charge in [0, 0.05) is 0 Å².